The highest BCUT2D eigenvalue weighted by Crippen LogP contribution is 2.29. The lowest BCUT2D eigenvalue weighted by Gasteiger charge is -2.10. The van der Waals surface area contributed by atoms with Crippen molar-refractivity contribution in [2.45, 2.75) is 19.8 Å². The first kappa shape index (κ1) is 16.5. The molecule has 1 amide bonds. The highest BCUT2D eigenvalue weighted by molar-refractivity contribution is 5.93. The number of hydrogen-bond acceptors (Lipinski definition) is 4. The van der Waals surface area contributed by atoms with Gasteiger partial charge in [0.15, 0.2) is 11.5 Å². The third-order valence-electron chi connectivity index (χ3n) is 2.55. The van der Waals surface area contributed by atoms with E-state index in [0.29, 0.717) is 12.1 Å². The number of nitro groups is 1. The Morgan fingerprint density at radius 2 is 2.00 bits per heavy atom. The molecular weight excluding hydrogens is 290 g/mol. The predicted octanol–water partition coefficient (Wildman–Crippen LogP) is 2.31. The fraction of sp³-hybridized carbons (Fsp3) is 0.333. The van der Waals surface area contributed by atoms with Crippen LogP contribution in [0, 0.1) is 27.7 Å². The topological polar surface area (TPSA) is 110 Å². The van der Waals surface area contributed by atoms with Crippen LogP contribution in [-0.2, 0) is 9.59 Å². The molecule has 0 aliphatic heterocycles. The van der Waals surface area contributed by atoms with Crippen LogP contribution in [0.25, 0.3) is 0 Å². The second-order valence-electron chi connectivity index (χ2n) is 4.49. The highest BCUT2D eigenvalue weighted by atomic mass is 19.1. The Balaban J connectivity index is 2.90. The molecule has 114 valence electrons. The molecule has 1 rings (SSSR count). The smallest absolute Gasteiger partial charge is 0.303 e. The number of benzene rings is 1. The number of amides is 1. The summed E-state index contributed by atoms with van der Waals surface area (Å²) in [4.78, 5) is 31.8. The third kappa shape index (κ3) is 4.79. The fourth-order valence-electron chi connectivity index (χ4n) is 1.70. The lowest BCUT2D eigenvalue weighted by molar-refractivity contribution is -0.384. The molecule has 1 aromatic rings. The number of nitro benzene ring substituents is 1. The molecule has 0 bridgehead atoms. The molecule has 7 nitrogen and oxygen atoms in total. The van der Waals surface area contributed by atoms with Gasteiger partial charge >= 0.3 is 5.97 Å². The average molecular weight is 302 g/mol. The van der Waals surface area contributed by atoms with Crippen LogP contribution in [-0.4, -0.2) is 21.9 Å². The summed E-state index contributed by atoms with van der Waals surface area (Å²) in [7, 11) is 0. The SMILES string of the molecule is CC(CC(=O)O)CC(=O)Nc1c(F)cc(F)cc1[N+](=O)[O-]. The Hall–Kier alpha value is -2.58. The number of nitrogens with zero attached hydrogens (tertiary/aromatic N) is 1. The molecule has 0 aliphatic rings. The van der Waals surface area contributed by atoms with E-state index in [2.05, 4.69) is 0 Å². The summed E-state index contributed by atoms with van der Waals surface area (Å²) in [5.74, 6) is -4.85. The van der Waals surface area contributed by atoms with Gasteiger partial charge < -0.3 is 10.4 Å². The Kier molecular flexibility index (Phi) is 5.28. The molecule has 1 unspecified atom stereocenters. The van der Waals surface area contributed by atoms with Gasteiger partial charge in [-0.05, 0) is 5.92 Å². The molecule has 0 spiro atoms. The van der Waals surface area contributed by atoms with Crippen LogP contribution in [0.1, 0.15) is 19.8 Å². The molecule has 0 radical (unpaired) electrons. The van der Waals surface area contributed by atoms with Gasteiger partial charge in [-0.3, -0.25) is 19.7 Å². The summed E-state index contributed by atoms with van der Waals surface area (Å²) in [5.41, 5.74) is -1.65. The first-order valence-electron chi connectivity index (χ1n) is 5.85. The van der Waals surface area contributed by atoms with Gasteiger partial charge in [-0.15, -0.1) is 0 Å². The minimum Gasteiger partial charge on any atom is -0.481 e. The van der Waals surface area contributed by atoms with Crippen LogP contribution in [0.2, 0.25) is 0 Å². The van der Waals surface area contributed by atoms with Crippen LogP contribution in [0.5, 0.6) is 0 Å². The summed E-state index contributed by atoms with van der Waals surface area (Å²) >= 11 is 0. The monoisotopic (exact) mass is 302 g/mol. The fourth-order valence-corrected chi connectivity index (χ4v) is 1.70. The van der Waals surface area contributed by atoms with Gasteiger partial charge in [0.05, 0.1) is 11.0 Å². The van der Waals surface area contributed by atoms with E-state index in [1.54, 1.807) is 0 Å². The molecule has 0 fully saturated rings. The first-order chi connectivity index (χ1) is 9.70. The second-order valence-corrected chi connectivity index (χ2v) is 4.49. The Bertz CT molecular complexity index is 591. The van der Waals surface area contributed by atoms with E-state index in [9.17, 15) is 28.5 Å². The van der Waals surface area contributed by atoms with Crippen molar-refractivity contribution < 1.29 is 28.4 Å². The minimum atomic E-state index is -1.28. The summed E-state index contributed by atoms with van der Waals surface area (Å²) < 4.78 is 26.5. The van der Waals surface area contributed by atoms with Gasteiger partial charge in [0.25, 0.3) is 5.69 Å². The molecule has 0 saturated carbocycles. The number of halogens is 2. The van der Waals surface area contributed by atoms with E-state index in [1.165, 1.54) is 6.92 Å². The number of anilines is 1. The van der Waals surface area contributed by atoms with Crippen molar-refractivity contribution in [2.75, 3.05) is 5.32 Å². The van der Waals surface area contributed by atoms with Crippen molar-refractivity contribution in [1.82, 2.24) is 0 Å². The molecule has 0 aromatic heterocycles. The van der Waals surface area contributed by atoms with Crippen molar-refractivity contribution in [3.05, 3.63) is 33.9 Å². The molecular formula is C12H12F2N2O5. The molecule has 21 heavy (non-hydrogen) atoms. The molecule has 1 aromatic carbocycles. The molecule has 2 N–H and O–H groups in total. The molecule has 9 heteroatoms. The highest BCUT2D eigenvalue weighted by Gasteiger charge is 2.23. The van der Waals surface area contributed by atoms with Gasteiger partial charge in [0.1, 0.15) is 5.82 Å². The van der Waals surface area contributed by atoms with E-state index in [1.807, 2.05) is 5.32 Å². The van der Waals surface area contributed by atoms with Crippen LogP contribution in [0.4, 0.5) is 20.2 Å². The summed E-state index contributed by atoms with van der Waals surface area (Å²) in [6, 6.07) is 0.892. The van der Waals surface area contributed by atoms with Gasteiger partial charge in [0, 0.05) is 18.9 Å². The Morgan fingerprint density at radius 1 is 1.38 bits per heavy atom. The molecule has 0 heterocycles. The minimum absolute atomic E-state index is 0.264. The quantitative estimate of drug-likeness (QED) is 0.619. The van der Waals surface area contributed by atoms with E-state index >= 15 is 0 Å². The zero-order valence-corrected chi connectivity index (χ0v) is 10.9. The van der Waals surface area contributed by atoms with E-state index in [-0.39, 0.29) is 12.8 Å². The number of carbonyl (C=O) groups is 2. The van der Waals surface area contributed by atoms with Crippen LogP contribution >= 0.6 is 0 Å². The van der Waals surface area contributed by atoms with Gasteiger partial charge in [-0.25, -0.2) is 8.78 Å². The average Bonchev–Trinajstić information content (AvgIpc) is 2.30. The number of carbonyl (C=O) groups excluding carboxylic acids is 1. The van der Waals surface area contributed by atoms with Crippen molar-refractivity contribution >= 4 is 23.3 Å². The summed E-state index contributed by atoms with van der Waals surface area (Å²) in [6.07, 6.45) is -0.540. The third-order valence-corrected chi connectivity index (χ3v) is 2.55. The van der Waals surface area contributed by atoms with Crippen LogP contribution < -0.4 is 5.32 Å². The zero-order valence-electron chi connectivity index (χ0n) is 10.9. The first-order valence-corrected chi connectivity index (χ1v) is 5.85. The number of aliphatic carboxylic acids is 1. The number of carboxylic acids is 1. The number of nitrogens with one attached hydrogen (secondary N) is 1. The summed E-state index contributed by atoms with van der Waals surface area (Å²) in [5, 5.41) is 21.3. The largest absolute Gasteiger partial charge is 0.481 e. The maximum absolute atomic E-state index is 13.5. The molecule has 0 aliphatic carbocycles. The second kappa shape index (κ2) is 6.73. The van der Waals surface area contributed by atoms with Gasteiger partial charge in [-0.2, -0.15) is 0 Å². The number of rotatable bonds is 6. The van der Waals surface area contributed by atoms with E-state index in [0.717, 1.165) is 0 Å². The predicted molar refractivity (Wildman–Crippen MR) is 67.7 cm³/mol. The molecule has 0 saturated heterocycles. The van der Waals surface area contributed by atoms with Crippen molar-refractivity contribution in [2.24, 2.45) is 5.92 Å². The van der Waals surface area contributed by atoms with Crippen molar-refractivity contribution in [3.63, 3.8) is 0 Å². The Morgan fingerprint density at radius 3 is 2.52 bits per heavy atom. The Labute approximate surface area is 117 Å². The standard InChI is InChI=1S/C12H12F2N2O5/c1-6(3-11(18)19)2-10(17)15-12-8(14)4-7(13)5-9(12)16(20)21/h4-6H,2-3H2,1H3,(H,15,17)(H,18,19). The lowest BCUT2D eigenvalue weighted by atomic mass is 10.0. The van der Waals surface area contributed by atoms with Crippen molar-refractivity contribution in [1.29, 1.82) is 0 Å². The maximum atomic E-state index is 13.5. The van der Waals surface area contributed by atoms with E-state index < -0.39 is 45.7 Å². The summed E-state index contributed by atoms with van der Waals surface area (Å²) in [6.45, 7) is 1.49. The normalized spacial score (nSPS) is 11.8. The number of carboxylic acid groups (broad SMARTS) is 1. The van der Waals surface area contributed by atoms with Gasteiger partial charge in [0.2, 0.25) is 5.91 Å². The lowest BCUT2D eigenvalue weighted by Crippen LogP contribution is -2.18. The maximum Gasteiger partial charge on any atom is 0.303 e. The van der Waals surface area contributed by atoms with E-state index in [4.69, 9.17) is 5.11 Å². The van der Waals surface area contributed by atoms with Crippen LogP contribution in [0.15, 0.2) is 12.1 Å². The van der Waals surface area contributed by atoms with Crippen LogP contribution in [0.3, 0.4) is 0 Å². The van der Waals surface area contributed by atoms with Gasteiger partial charge in [-0.1, -0.05) is 6.92 Å². The van der Waals surface area contributed by atoms with Crippen molar-refractivity contribution in [3.8, 4) is 0 Å². The molecule has 1 atom stereocenters. The number of hydrogen-bond donors (Lipinski definition) is 2. The zero-order chi connectivity index (χ0) is 16.2.